The van der Waals surface area contributed by atoms with Crippen molar-refractivity contribution in [2.45, 2.75) is 13.0 Å². The fourth-order valence-corrected chi connectivity index (χ4v) is 2.77. The van der Waals surface area contributed by atoms with Crippen LogP contribution in [0.5, 0.6) is 5.75 Å². The van der Waals surface area contributed by atoms with Gasteiger partial charge in [0.2, 0.25) is 0 Å². The molecule has 0 aromatic heterocycles. The maximum Gasteiger partial charge on any atom is 0.387 e. The van der Waals surface area contributed by atoms with Crippen LogP contribution < -0.4 is 10.1 Å². The monoisotopic (exact) mass is 399 g/mol. The molecular formula is C22H19F2NO4. The number of carbonyl (C=O) groups excluding carboxylic acids is 2. The van der Waals surface area contributed by atoms with E-state index in [4.69, 9.17) is 4.74 Å². The van der Waals surface area contributed by atoms with E-state index in [1.165, 1.54) is 12.1 Å². The molecule has 0 aliphatic heterocycles. The summed E-state index contributed by atoms with van der Waals surface area (Å²) in [5.74, 6) is -0.911. The second kappa shape index (κ2) is 9.64. The summed E-state index contributed by atoms with van der Waals surface area (Å²) in [4.78, 5) is 24.0. The smallest absolute Gasteiger partial charge is 0.387 e. The number of nitrogens with one attached hydrogen (secondary N) is 1. The molecule has 3 aromatic carbocycles. The van der Waals surface area contributed by atoms with Gasteiger partial charge in [0.15, 0.2) is 6.61 Å². The third-order valence-corrected chi connectivity index (χ3v) is 4.20. The maximum absolute atomic E-state index is 12.1. The van der Waals surface area contributed by atoms with Crippen LogP contribution in [0.15, 0.2) is 66.7 Å². The normalized spacial score (nSPS) is 10.7. The number of hydrogen-bond acceptors (Lipinski definition) is 4. The lowest BCUT2D eigenvalue weighted by molar-refractivity contribution is -0.124. The van der Waals surface area contributed by atoms with Gasteiger partial charge in [-0.2, -0.15) is 8.78 Å². The summed E-state index contributed by atoms with van der Waals surface area (Å²) in [7, 11) is 0. The molecule has 0 saturated carbocycles. The van der Waals surface area contributed by atoms with Gasteiger partial charge in [-0.15, -0.1) is 0 Å². The van der Waals surface area contributed by atoms with E-state index in [2.05, 4.69) is 10.1 Å². The highest BCUT2D eigenvalue weighted by Crippen LogP contribution is 2.16. The molecule has 150 valence electrons. The molecule has 0 fully saturated rings. The highest BCUT2D eigenvalue weighted by atomic mass is 19.3. The second-order valence-electron chi connectivity index (χ2n) is 6.26. The van der Waals surface area contributed by atoms with Crippen LogP contribution in [0.4, 0.5) is 8.78 Å². The predicted molar refractivity (Wildman–Crippen MR) is 104 cm³/mol. The minimum absolute atomic E-state index is 0.0772. The number of carbonyl (C=O) groups is 2. The molecule has 0 spiro atoms. The van der Waals surface area contributed by atoms with Crippen LogP contribution in [0.1, 0.15) is 15.9 Å². The van der Waals surface area contributed by atoms with Crippen LogP contribution in [-0.4, -0.2) is 31.6 Å². The van der Waals surface area contributed by atoms with Gasteiger partial charge in [-0.3, -0.25) is 4.79 Å². The molecule has 3 rings (SSSR count). The number of alkyl halides is 2. The Balaban J connectivity index is 1.41. The first-order valence-electron chi connectivity index (χ1n) is 8.97. The Bertz CT molecular complexity index is 990. The number of halogens is 2. The summed E-state index contributed by atoms with van der Waals surface area (Å²) in [6, 6.07) is 19.0. The lowest BCUT2D eigenvalue weighted by Crippen LogP contribution is -2.30. The standard InChI is InChI=1S/C22H19F2NO4/c23-22(24)29-19-9-5-15(6-10-19)11-12-25-20(26)14-28-21(27)18-8-7-16-3-1-2-4-17(16)13-18/h1-10,13,22H,11-12,14H2,(H,25,26). The van der Waals surface area contributed by atoms with Gasteiger partial charge in [-0.25, -0.2) is 4.79 Å². The number of ether oxygens (including phenoxy) is 2. The van der Waals surface area contributed by atoms with Crippen LogP contribution in [0.25, 0.3) is 10.8 Å². The molecule has 0 aliphatic rings. The summed E-state index contributed by atoms with van der Waals surface area (Å²) in [6.07, 6.45) is 0.499. The predicted octanol–water partition coefficient (Wildman–Crippen LogP) is 3.96. The Hall–Kier alpha value is -3.48. The van der Waals surface area contributed by atoms with Gasteiger partial charge in [-0.1, -0.05) is 42.5 Å². The Morgan fingerprint density at radius 3 is 2.38 bits per heavy atom. The van der Waals surface area contributed by atoms with E-state index in [0.29, 0.717) is 18.5 Å². The summed E-state index contributed by atoms with van der Waals surface area (Å²) >= 11 is 0. The van der Waals surface area contributed by atoms with Gasteiger partial charge in [0.05, 0.1) is 5.56 Å². The molecule has 1 amide bonds. The summed E-state index contributed by atoms with van der Waals surface area (Å²) in [5, 5.41) is 4.57. The van der Waals surface area contributed by atoms with Crippen molar-refractivity contribution in [3.63, 3.8) is 0 Å². The highest BCUT2D eigenvalue weighted by Gasteiger charge is 2.11. The number of esters is 1. The topological polar surface area (TPSA) is 64.6 Å². The molecule has 1 N–H and O–H groups in total. The Morgan fingerprint density at radius 1 is 0.931 bits per heavy atom. The van der Waals surface area contributed by atoms with Crippen molar-refractivity contribution in [3.05, 3.63) is 77.9 Å². The number of hydrogen-bond donors (Lipinski definition) is 1. The van der Waals surface area contributed by atoms with Gasteiger partial charge in [0.25, 0.3) is 5.91 Å². The van der Waals surface area contributed by atoms with E-state index in [1.807, 2.05) is 30.3 Å². The third kappa shape index (κ3) is 6.00. The van der Waals surface area contributed by atoms with E-state index in [1.54, 1.807) is 24.3 Å². The molecule has 29 heavy (non-hydrogen) atoms. The SMILES string of the molecule is O=C(COC(=O)c1ccc2ccccc2c1)NCCc1ccc(OC(F)F)cc1. The van der Waals surface area contributed by atoms with E-state index in [0.717, 1.165) is 16.3 Å². The largest absolute Gasteiger partial charge is 0.452 e. The molecule has 0 unspecified atom stereocenters. The van der Waals surface area contributed by atoms with Gasteiger partial charge < -0.3 is 14.8 Å². The molecular weight excluding hydrogens is 380 g/mol. The Labute approximate surface area is 166 Å². The molecule has 0 bridgehead atoms. The molecule has 0 atom stereocenters. The number of fused-ring (bicyclic) bond motifs is 1. The van der Waals surface area contributed by atoms with Crippen molar-refractivity contribution in [2.75, 3.05) is 13.2 Å². The zero-order valence-electron chi connectivity index (χ0n) is 15.4. The number of benzene rings is 3. The lowest BCUT2D eigenvalue weighted by Gasteiger charge is -2.08. The molecule has 5 nitrogen and oxygen atoms in total. The first-order chi connectivity index (χ1) is 14.0. The average molecular weight is 399 g/mol. The number of rotatable bonds is 8. The van der Waals surface area contributed by atoms with E-state index < -0.39 is 18.5 Å². The molecule has 0 aliphatic carbocycles. The third-order valence-electron chi connectivity index (χ3n) is 4.20. The van der Waals surface area contributed by atoms with Crippen LogP contribution >= 0.6 is 0 Å². The Kier molecular flexibility index (Phi) is 6.73. The van der Waals surface area contributed by atoms with Crippen molar-refractivity contribution in [1.29, 1.82) is 0 Å². The zero-order valence-corrected chi connectivity index (χ0v) is 15.4. The first-order valence-corrected chi connectivity index (χ1v) is 8.97. The van der Waals surface area contributed by atoms with E-state index in [-0.39, 0.29) is 12.4 Å². The van der Waals surface area contributed by atoms with Crippen LogP contribution in [-0.2, 0) is 16.0 Å². The summed E-state index contributed by atoms with van der Waals surface area (Å²) in [5.41, 5.74) is 1.22. The average Bonchev–Trinajstić information content (AvgIpc) is 2.72. The highest BCUT2D eigenvalue weighted by molar-refractivity contribution is 5.96. The van der Waals surface area contributed by atoms with Crippen molar-refractivity contribution >= 4 is 22.6 Å². The minimum Gasteiger partial charge on any atom is -0.452 e. The minimum atomic E-state index is -2.86. The van der Waals surface area contributed by atoms with Gasteiger partial charge in [0.1, 0.15) is 5.75 Å². The van der Waals surface area contributed by atoms with Gasteiger partial charge in [0, 0.05) is 6.54 Å². The first kappa shape index (κ1) is 20.3. The molecule has 0 saturated heterocycles. The fraction of sp³-hybridized carbons (Fsp3) is 0.182. The summed E-state index contributed by atoms with van der Waals surface area (Å²) < 4.78 is 33.6. The van der Waals surface area contributed by atoms with Crippen LogP contribution in [0.2, 0.25) is 0 Å². The quantitative estimate of drug-likeness (QED) is 0.583. The summed E-state index contributed by atoms with van der Waals surface area (Å²) in [6.45, 7) is -2.92. The lowest BCUT2D eigenvalue weighted by atomic mass is 10.1. The maximum atomic E-state index is 12.1. The van der Waals surface area contributed by atoms with Crippen molar-refractivity contribution in [3.8, 4) is 5.75 Å². The van der Waals surface area contributed by atoms with Crippen LogP contribution in [0, 0.1) is 0 Å². The van der Waals surface area contributed by atoms with Gasteiger partial charge in [-0.05, 0) is 47.0 Å². The zero-order chi connectivity index (χ0) is 20.6. The molecule has 0 heterocycles. The van der Waals surface area contributed by atoms with Crippen molar-refractivity contribution < 1.29 is 27.8 Å². The van der Waals surface area contributed by atoms with Crippen molar-refractivity contribution in [2.24, 2.45) is 0 Å². The second-order valence-corrected chi connectivity index (χ2v) is 6.26. The van der Waals surface area contributed by atoms with Crippen molar-refractivity contribution in [1.82, 2.24) is 5.32 Å². The molecule has 7 heteroatoms. The van der Waals surface area contributed by atoms with Gasteiger partial charge >= 0.3 is 12.6 Å². The number of amides is 1. The Morgan fingerprint density at radius 2 is 1.66 bits per heavy atom. The van der Waals surface area contributed by atoms with E-state index >= 15 is 0 Å². The fourth-order valence-electron chi connectivity index (χ4n) is 2.77. The van der Waals surface area contributed by atoms with E-state index in [9.17, 15) is 18.4 Å². The molecule has 0 radical (unpaired) electrons. The molecule has 3 aromatic rings. The van der Waals surface area contributed by atoms with Crippen LogP contribution in [0.3, 0.4) is 0 Å².